The Kier molecular flexibility index (Phi) is 20.2. The van der Waals surface area contributed by atoms with Gasteiger partial charge < -0.3 is 0 Å². The number of aryl methyl sites for hydroxylation is 2. The van der Waals surface area contributed by atoms with Crippen molar-refractivity contribution in [3.8, 4) is 0 Å². The van der Waals surface area contributed by atoms with Crippen molar-refractivity contribution in [2.24, 2.45) is 0 Å². The predicted octanol–water partition coefficient (Wildman–Crippen LogP) is 11.9. The highest BCUT2D eigenvalue weighted by molar-refractivity contribution is 7.95. The molecule has 9 heteroatoms. The first kappa shape index (κ1) is 42.6. The molecule has 50 heavy (non-hydrogen) atoms. The third kappa shape index (κ3) is 16.3. The second-order valence-corrected chi connectivity index (χ2v) is 16.9. The Hall–Kier alpha value is -1.78. The van der Waals surface area contributed by atoms with E-state index in [4.69, 9.17) is 8.37 Å². The van der Waals surface area contributed by atoms with Gasteiger partial charge in [-0.15, -0.1) is 3.63 Å². The zero-order valence-corrected chi connectivity index (χ0v) is 32.8. The summed E-state index contributed by atoms with van der Waals surface area (Å²) < 4.78 is 65.0. The Bertz CT molecular complexity index is 1280. The zero-order chi connectivity index (χ0) is 36.0. The lowest BCUT2D eigenvalue weighted by Crippen LogP contribution is -2.44. The summed E-state index contributed by atoms with van der Waals surface area (Å²) in [6.07, 6.45) is 32.7. The Morgan fingerprint density at radius 3 is 0.940 bits per heavy atom. The van der Waals surface area contributed by atoms with Crippen molar-refractivity contribution in [1.29, 1.82) is 0 Å². The Balaban J connectivity index is 1.48. The summed E-state index contributed by atoms with van der Waals surface area (Å²) in [5.74, 6) is -2.21. The van der Waals surface area contributed by atoms with Crippen molar-refractivity contribution in [3.63, 3.8) is 0 Å². The Labute approximate surface area is 305 Å². The van der Waals surface area contributed by atoms with Crippen molar-refractivity contribution in [2.45, 2.75) is 187 Å². The molecular weight excluding hydrogens is 669 g/mol. The van der Waals surface area contributed by atoms with Crippen LogP contribution in [0, 0.1) is 0 Å². The first-order valence-corrected chi connectivity index (χ1v) is 22.7. The quantitative estimate of drug-likeness (QED) is 0.0803. The van der Waals surface area contributed by atoms with E-state index >= 15 is 0 Å². The summed E-state index contributed by atoms with van der Waals surface area (Å²) in [6, 6.07) is 14.3. The highest BCUT2D eigenvalue weighted by Gasteiger charge is 2.52. The topological polar surface area (TPSA) is 96.0 Å². The van der Waals surface area contributed by atoms with Crippen molar-refractivity contribution in [1.82, 2.24) is 0 Å². The second kappa shape index (κ2) is 23.7. The highest BCUT2D eigenvalue weighted by Crippen LogP contribution is 2.42. The van der Waals surface area contributed by atoms with Crippen LogP contribution in [0.25, 0.3) is 0 Å². The fourth-order valence-corrected chi connectivity index (χ4v) is 9.02. The van der Waals surface area contributed by atoms with E-state index in [0.29, 0.717) is 0 Å². The van der Waals surface area contributed by atoms with E-state index < -0.39 is 26.6 Å². The molecule has 1 fully saturated rings. The summed E-state index contributed by atoms with van der Waals surface area (Å²) in [5, 5.41) is 0. The Morgan fingerprint density at radius 1 is 0.400 bits per heavy atom. The van der Waals surface area contributed by atoms with Gasteiger partial charge >= 0.3 is 20.8 Å². The van der Waals surface area contributed by atoms with Gasteiger partial charge in [-0.1, -0.05) is 204 Å². The van der Waals surface area contributed by atoms with Crippen LogP contribution < -0.4 is 0 Å². The molecule has 1 aliphatic rings. The van der Waals surface area contributed by atoms with Crippen LogP contribution in [0.1, 0.15) is 190 Å². The molecule has 0 bridgehead atoms. The van der Waals surface area contributed by atoms with E-state index in [-0.39, 0.29) is 11.1 Å². The fourth-order valence-electron chi connectivity index (χ4n) is 6.91. The fraction of sp³-hybridized carbons (Fsp3) is 0.707. The molecule has 0 radical (unpaired) electrons. The van der Waals surface area contributed by atoms with E-state index in [0.717, 1.165) is 49.7 Å². The van der Waals surface area contributed by atoms with E-state index in [2.05, 4.69) is 17.5 Å². The van der Waals surface area contributed by atoms with Crippen molar-refractivity contribution < 1.29 is 28.8 Å². The molecule has 2 aromatic rings. The summed E-state index contributed by atoms with van der Waals surface area (Å²) in [4.78, 5) is 0. The first-order chi connectivity index (χ1) is 24.2. The SMILES string of the molecule is CCCCCCCCCCCCCCc1ccc(C2(c3ccc(CCCCCCCCCCCCCC)cc3)OS(=O)(=O)OS(=O)(=O)O2)cc1. The molecule has 0 unspecified atom stereocenters. The second-order valence-electron chi connectivity index (χ2n) is 14.3. The molecule has 0 aliphatic carbocycles. The average molecular weight is 735 g/mol. The first-order valence-electron chi connectivity index (χ1n) is 20.0. The molecule has 1 heterocycles. The lowest BCUT2D eigenvalue weighted by atomic mass is 9.94. The van der Waals surface area contributed by atoms with Crippen molar-refractivity contribution in [3.05, 3.63) is 70.8 Å². The lowest BCUT2D eigenvalue weighted by Gasteiger charge is -2.34. The van der Waals surface area contributed by atoms with Crippen molar-refractivity contribution in [2.75, 3.05) is 0 Å². The molecule has 0 amide bonds. The molecule has 7 nitrogen and oxygen atoms in total. The maximum Gasteiger partial charge on any atom is 0.419 e. The van der Waals surface area contributed by atoms with Gasteiger partial charge in [-0.2, -0.15) is 16.8 Å². The monoisotopic (exact) mass is 734 g/mol. The molecule has 1 saturated heterocycles. The summed E-state index contributed by atoms with van der Waals surface area (Å²) in [5.41, 5.74) is 2.71. The molecule has 0 atom stereocenters. The minimum absolute atomic E-state index is 0.264. The number of benzene rings is 2. The minimum atomic E-state index is -4.90. The summed E-state index contributed by atoms with van der Waals surface area (Å²) >= 11 is 0. The van der Waals surface area contributed by atoms with Crippen LogP contribution in [-0.4, -0.2) is 16.8 Å². The molecule has 0 aromatic heterocycles. The summed E-state index contributed by atoms with van der Waals surface area (Å²) in [6.45, 7) is 4.51. The molecule has 2 aromatic carbocycles. The van der Waals surface area contributed by atoms with Crippen LogP contribution >= 0.6 is 0 Å². The van der Waals surface area contributed by atoms with Crippen LogP contribution in [0.3, 0.4) is 0 Å². The molecule has 3 rings (SSSR count). The number of unbranched alkanes of at least 4 members (excludes halogenated alkanes) is 22. The molecular formula is C41H66O7S2. The van der Waals surface area contributed by atoms with Gasteiger partial charge in [0.15, 0.2) is 0 Å². The smallest absolute Gasteiger partial charge is 0.202 e. The van der Waals surface area contributed by atoms with Crippen LogP contribution in [0.2, 0.25) is 0 Å². The lowest BCUT2D eigenvalue weighted by molar-refractivity contribution is -0.101. The van der Waals surface area contributed by atoms with E-state index in [9.17, 15) is 16.8 Å². The maximum absolute atomic E-state index is 12.5. The van der Waals surface area contributed by atoms with E-state index in [1.165, 1.54) is 128 Å². The van der Waals surface area contributed by atoms with E-state index in [1.807, 2.05) is 24.3 Å². The Morgan fingerprint density at radius 2 is 0.660 bits per heavy atom. The molecule has 1 aliphatic heterocycles. The molecule has 0 spiro atoms. The van der Waals surface area contributed by atoms with Gasteiger partial charge in [0.2, 0.25) is 0 Å². The average Bonchev–Trinajstić information content (AvgIpc) is 3.08. The van der Waals surface area contributed by atoms with Gasteiger partial charge in [-0.05, 0) is 36.8 Å². The van der Waals surface area contributed by atoms with Gasteiger partial charge in [-0.3, -0.25) is 0 Å². The molecule has 284 valence electrons. The normalized spacial score (nSPS) is 16.4. The largest absolute Gasteiger partial charge is 0.419 e. The minimum Gasteiger partial charge on any atom is -0.202 e. The van der Waals surface area contributed by atoms with Crippen molar-refractivity contribution >= 4 is 20.8 Å². The van der Waals surface area contributed by atoms with Gasteiger partial charge in [0.1, 0.15) is 0 Å². The van der Waals surface area contributed by atoms with Gasteiger partial charge in [-0.25, -0.2) is 8.37 Å². The van der Waals surface area contributed by atoms with Crippen LogP contribution in [0.4, 0.5) is 0 Å². The van der Waals surface area contributed by atoms with E-state index in [1.54, 1.807) is 24.3 Å². The number of rotatable bonds is 28. The van der Waals surface area contributed by atoms with Gasteiger partial charge in [0.25, 0.3) is 5.79 Å². The zero-order valence-electron chi connectivity index (χ0n) is 31.2. The summed E-state index contributed by atoms with van der Waals surface area (Å²) in [7, 11) is -9.79. The van der Waals surface area contributed by atoms with Crippen LogP contribution in [-0.2, 0) is 51.4 Å². The van der Waals surface area contributed by atoms with Gasteiger partial charge in [0.05, 0.1) is 0 Å². The molecule has 0 N–H and O–H groups in total. The standard InChI is InChI=1S/C41H66O7S2/c1-3-5-7-9-11-13-15-17-19-21-23-25-27-37-29-33-39(34-30-37)41(46-49(42,43)48-50(44,45)47-41)40-35-31-38(32-36-40)28-26-24-22-20-18-16-14-12-10-8-6-4-2/h29-36H,3-28H2,1-2H3. The highest BCUT2D eigenvalue weighted by atomic mass is 32.3. The third-order valence-corrected chi connectivity index (χ3v) is 12.1. The number of hydrogen-bond acceptors (Lipinski definition) is 7. The third-order valence-electron chi connectivity index (χ3n) is 9.91. The molecule has 0 saturated carbocycles. The maximum atomic E-state index is 12.5. The van der Waals surface area contributed by atoms with Crippen LogP contribution in [0.5, 0.6) is 0 Å². The number of hydrogen-bond donors (Lipinski definition) is 0. The van der Waals surface area contributed by atoms with Gasteiger partial charge in [0, 0.05) is 11.1 Å². The van der Waals surface area contributed by atoms with Crippen LogP contribution in [0.15, 0.2) is 48.5 Å². The predicted molar refractivity (Wildman–Crippen MR) is 204 cm³/mol.